The fourth-order valence-corrected chi connectivity index (χ4v) is 2.14. The molecule has 86 valence electrons. The molecular weight excluding hydrogens is 200 g/mol. The Labute approximate surface area is 95.9 Å². The first-order valence-electron chi connectivity index (χ1n) is 5.57. The second-order valence-corrected chi connectivity index (χ2v) is 4.36. The minimum absolute atomic E-state index is 0.331. The zero-order chi connectivity index (χ0) is 11.7. The van der Waals surface area contributed by atoms with E-state index >= 15 is 0 Å². The van der Waals surface area contributed by atoms with Gasteiger partial charge in [0, 0.05) is 29.7 Å². The minimum Gasteiger partial charge on any atom is -0.508 e. The molecule has 0 fully saturated rings. The van der Waals surface area contributed by atoms with Crippen molar-refractivity contribution >= 4 is 10.9 Å². The molecule has 0 amide bonds. The van der Waals surface area contributed by atoms with Crippen molar-refractivity contribution in [2.75, 3.05) is 14.1 Å². The van der Waals surface area contributed by atoms with Gasteiger partial charge in [-0.15, -0.1) is 0 Å². The van der Waals surface area contributed by atoms with Crippen LogP contribution in [-0.4, -0.2) is 28.7 Å². The fourth-order valence-electron chi connectivity index (χ4n) is 2.14. The van der Waals surface area contributed by atoms with E-state index < -0.39 is 0 Å². The third-order valence-electron chi connectivity index (χ3n) is 2.77. The standard InChI is InChI=1S/C13H18N2O/c1-4-15-11(9-14(2)3)7-10-8-12(16)5-6-13(10)15/h5-8,16H,4,9H2,1-3H3. The Morgan fingerprint density at radius 3 is 2.62 bits per heavy atom. The lowest BCUT2D eigenvalue weighted by Crippen LogP contribution is -2.14. The van der Waals surface area contributed by atoms with Crippen molar-refractivity contribution in [1.82, 2.24) is 9.47 Å². The van der Waals surface area contributed by atoms with Gasteiger partial charge in [-0.2, -0.15) is 0 Å². The van der Waals surface area contributed by atoms with Crippen LogP contribution >= 0.6 is 0 Å². The lowest BCUT2D eigenvalue weighted by molar-refractivity contribution is 0.389. The second kappa shape index (κ2) is 4.18. The Kier molecular flexibility index (Phi) is 2.88. The third kappa shape index (κ3) is 1.91. The topological polar surface area (TPSA) is 28.4 Å². The van der Waals surface area contributed by atoms with E-state index in [0.717, 1.165) is 18.5 Å². The Morgan fingerprint density at radius 1 is 1.25 bits per heavy atom. The van der Waals surface area contributed by atoms with Gasteiger partial charge in [-0.25, -0.2) is 0 Å². The number of fused-ring (bicyclic) bond motifs is 1. The summed E-state index contributed by atoms with van der Waals surface area (Å²) in [6, 6.07) is 7.69. The largest absolute Gasteiger partial charge is 0.508 e. The first-order chi connectivity index (χ1) is 7.61. The number of hydrogen-bond donors (Lipinski definition) is 1. The number of phenols is 1. The molecule has 0 spiro atoms. The molecule has 0 atom stereocenters. The van der Waals surface area contributed by atoms with Crippen LogP contribution in [0.4, 0.5) is 0 Å². The monoisotopic (exact) mass is 218 g/mol. The lowest BCUT2D eigenvalue weighted by Gasteiger charge is -2.12. The highest BCUT2D eigenvalue weighted by atomic mass is 16.3. The molecule has 2 rings (SSSR count). The van der Waals surface area contributed by atoms with Gasteiger partial charge in [0.05, 0.1) is 0 Å². The number of rotatable bonds is 3. The van der Waals surface area contributed by atoms with Crippen molar-refractivity contribution < 1.29 is 5.11 Å². The van der Waals surface area contributed by atoms with Crippen molar-refractivity contribution in [1.29, 1.82) is 0 Å². The molecule has 2 aromatic rings. The highest BCUT2D eigenvalue weighted by Crippen LogP contribution is 2.24. The van der Waals surface area contributed by atoms with Gasteiger partial charge >= 0.3 is 0 Å². The van der Waals surface area contributed by atoms with Gasteiger partial charge in [0.25, 0.3) is 0 Å². The molecule has 3 nitrogen and oxygen atoms in total. The van der Waals surface area contributed by atoms with Crippen molar-refractivity contribution in [3.63, 3.8) is 0 Å². The van der Waals surface area contributed by atoms with Gasteiger partial charge in [-0.05, 0) is 45.3 Å². The summed E-state index contributed by atoms with van der Waals surface area (Å²) in [6.45, 7) is 4.02. The highest BCUT2D eigenvalue weighted by Gasteiger charge is 2.08. The average Bonchev–Trinajstić information content (AvgIpc) is 2.52. The SMILES string of the molecule is CCn1c(CN(C)C)cc2cc(O)ccc21. The summed E-state index contributed by atoms with van der Waals surface area (Å²) in [5, 5.41) is 10.6. The van der Waals surface area contributed by atoms with Crippen LogP contribution in [0.2, 0.25) is 0 Å². The van der Waals surface area contributed by atoms with E-state index in [1.165, 1.54) is 11.2 Å². The molecule has 0 saturated heterocycles. The first kappa shape index (κ1) is 11.0. The van der Waals surface area contributed by atoms with Crippen LogP contribution < -0.4 is 0 Å². The van der Waals surface area contributed by atoms with Crippen molar-refractivity contribution in [3.05, 3.63) is 30.0 Å². The van der Waals surface area contributed by atoms with Crippen molar-refractivity contribution in [3.8, 4) is 5.75 Å². The quantitative estimate of drug-likeness (QED) is 0.857. The number of phenolic OH excluding ortho intramolecular Hbond substituents is 1. The molecule has 1 aromatic carbocycles. The number of hydrogen-bond acceptors (Lipinski definition) is 2. The maximum atomic E-state index is 9.47. The number of aryl methyl sites for hydroxylation is 1. The van der Waals surface area contributed by atoms with Crippen molar-refractivity contribution in [2.45, 2.75) is 20.0 Å². The highest BCUT2D eigenvalue weighted by molar-refractivity contribution is 5.82. The molecule has 0 unspecified atom stereocenters. The Balaban J connectivity index is 2.56. The first-order valence-corrected chi connectivity index (χ1v) is 5.57. The van der Waals surface area contributed by atoms with E-state index in [9.17, 15) is 5.11 Å². The van der Waals surface area contributed by atoms with E-state index in [4.69, 9.17) is 0 Å². The van der Waals surface area contributed by atoms with Gasteiger partial charge in [-0.3, -0.25) is 0 Å². The fraction of sp³-hybridized carbons (Fsp3) is 0.385. The normalized spacial score (nSPS) is 11.5. The summed E-state index contributed by atoms with van der Waals surface area (Å²) in [6.07, 6.45) is 0. The maximum absolute atomic E-state index is 9.47. The Morgan fingerprint density at radius 2 is 2.00 bits per heavy atom. The number of benzene rings is 1. The summed E-state index contributed by atoms with van der Waals surface area (Å²) < 4.78 is 2.29. The molecule has 0 aliphatic carbocycles. The molecule has 3 heteroatoms. The summed E-state index contributed by atoms with van der Waals surface area (Å²) in [5.41, 5.74) is 2.48. The molecule has 0 aliphatic rings. The number of aromatic nitrogens is 1. The second-order valence-electron chi connectivity index (χ2n) is 4.36. The number of nitrogens with zero attached hydrogens (tertiary/aromatic N) is 2. The zero-order valence-electron chi connectivity index (χ0n) is 10.1. The lowest BCUT2D eigenvalue weighted by atomic mass is 10.2. The van der Waals surface area contributed by atoms with Crippen LogP contribution in [0, 0.1) is 0 Å². The Bertz CT molecular complexity index is 500. The maximum Gasteiger partial charge on any atom is 0.116 e. The molecule has 1 N–H and O–H groups in total. The predicted molar refractivity (Wildman–Crippen MR) is 66.7 cm³/mol. The van der Waals surface area contributed by atoms with Gasteiger partial charge < -0.3 is 14.6 Å². The van der Waals surface area contributed by atoms with Crippen LogP contribution in [0.3, 0.4) is 0 Å². The van der Waals surface area contributed by atoms with Crippen LogP contribution in [0.15, 0.2) is 24.3 Å². The van der Waals surface area contributed by atoms with Crippen LogP contribution in [0.25, 0.3) is 10.9 Å². The molecular formula is C13H18N2O. The van der Waals surface area contributed by atoms with Gasteiger partial charge in [-0.1, -0.05) is 0 Å². The number of aromatic hydroxyl groups is 1. The molecule has 1 aromatic heterocycles. The average molecular weight is 218 g/mol. The predicted octanol–water partition coefficient (Wildman–Crippen LogP) is 2.43. The molecule has 0 radical (unpaired) electrons. The van der Waals surface area contributed by atoms with E-state index in [2.05, 4.69) is 36.6 Å². The summed E-state index contributed by atoms with van der Waals surface area (Å²) >= 11 is 0. The van der Waals surface area contributed by atoms with Gasteiger partial charge in [0.15, 0.2) is 0 Å². The van der Waals surface area contributed by atoms with E-state index in [-0.39, 0.29) is 0 Å². The summed E-state index contributed by atoms with van der Waals surface area (Å²) in [7, 11) is 4.13. The van der Waals surface area contributed by atoms with E-state index in [0.29, 0.717) is 5.75 Å². The van der Waals surface area contributed by atoms with Crippen LogP contribution in [-0.2, 0) is 13.1 Å². The summed E-state index contributed by atoms with van der Waals surface area (Å²) in [4.78, 5) is 2.15. The van der Waals surface area contributed by atoms with E-state index in [1.807, 2.05) is 12.1 Å². The van der Waals surface area contributed by atoms with Crippen LogP contribution in [0.1, 0.15) is 12.6 Å². The molecule has 16 heavy (non-hydrogen) atoms. The van der Waals surface area contributed by atoms with Crippen LogP contribution in [0.5, 0.6) is 5.75 Å². The molecule has 0 bridgehead atoms. The zero-order valence-corrected chi connectivity index (χ0v) is 10.1. The minimum atomic E-state index is 0.331. The Hall–Kier alpha value is -1.48. The van der Waals surface area contributed by atoms with Crippen molar-refractivity contribution in [2.24, 2.45) is 0 Å². The van der Waals surface area contributed by atoms with Gasteiger partial charge in [0.2, 0.25) is 0 Å². The molecule has 0 saturated carbocycles. The van der Waals surface area contributed by atoms with Gasteiger partial charge in [0.1, 0.15) is 5.75 Å². The third-order valence-corrected chi connectivity index (χ3v) is 2.77. The molecule has 0 aliphatic heterocycles. The van der Waals surface area contributed by atoms with E-state index in [1.54, 1.807) is 6.07 Å². The summed E-state index contributed by atoms with van der Waals surface area (Å²) in [5.74, 6) is 0.331. The molecule has 1 heterocycles. The smallest absolute Gasteiger partial charge is 0.116 e.